The summed E-state index contributed by atoms with van der Waals surface area (Å²) in [4.78, 5) is 4.53. The van der Waals surface area contributed by atoms with E-state index in [0.717, 1.165) is 15.3 Å². The van der Waals surface area contributed by atoms with Crippen molar-refractivity contribution in [1.82, 2.24) is 4.98 Å². The lowest BCUT2D eigenvalue weighted by Crippen LogP contribution is -2.09. The van der Waals surface area contributed by atoms with Crippen LogP contribution in [-0.2, 0) is 9.05 Å². The second-order valence-electron chi connectivity index (χ2n) is 4.66. The predicted octanol–water partition coefficient (Wildman–Crippen LogP) is 4.79. The lowest BCUT2D eigenvalue weighted by Gasteiger charge is -2.21. The molecule has 0 fully saturated rings. The highest BCUT2D eigenvalue weighted by molar-refractivity contribution is 7.49. The number of hydrogen-bond donors (Lipinski definition) is 1. The number of thiazole rings is 1. The van der Waals surface area contributed by atoms with Crippen LogP contribution >= 0.6 is 19.9 Å². The van der Waals surface area contributed by atoms with Crippen LogP contribution < -0.4 is 5.09 Å². The van der Waals surface area contributed by atoms with Gasteiger partial charge in [-0.2, -0.15) is 0 Å². The number of hydrogen-bond acceptors (Lipinski definition) is 5. The average molecular weight is 298 g/mol. The first-order valence-corrected chi connectivity index (χ1v) is 8.30. The monoisotopic (exact) mass is 298 g/mol. The minimum Gasteiger partial charge on any atom is -0.315 e. The number of nitrogens with one attached hydrogen (secondary N) is 1. The molecule has 0 aliphatic rings. The smallest absolute Gasteiger partial charge is 0.289 e. The fourth-order valence-corrected chi connectivity index (χ4v) is 3.71. The molecule has 4 nitrogen and oxygen atoms in total. The zero-order valence-corrected chi connectivity index (χ0v) is 13.3. The Morgan fingerprint density at radius 2 is 1.74 bits per heavy atom. The molecule has 0 amide bonds. The van der Waals surface area contributed by atoms with Crippen molar-refractivity contribution >= 4 is 35.2 Å². The van der Waals surface area contributed by atoms with Crippen LogP contribution in [0.4, 0.5) is 5.13 Å². The van der Waals surface area contributed by atoms with Gasteiger partial charge in [0.15, 0.2) is 5.13 Å². The van der Waals surface area contributed by atoms with Crippen LogP contribution in [0.15, 0.2) is 24.3 Å². The molecule has 0 radical (unpaired) electrons. The van der Waals surface area contributed by atoms with Gasteiger partial charge in [-0.05, 0) is 39.8 Å². The molecule has 0 saturated carbocycles. The van der Waals surface area contributed by atoms with Gasteiger partial charge in [-0.15, -0.1) is 0 Å². The number of rotatable bonds is 6. The molecule has 1 heterocycles. The van der Waals surface area contributed by atoms with Crippen molar-refractivity contribution in [3.05, 3.63) is 24.3 Å². The summed E-state index contributed by atoms with van der Waals surface area (Å²) < 4.78 is 12.7. The maximum absolute atomic E-state index is 5.76. The quantitative estimate of drug-likeness (QED) is 0.779. The maximum Gasteiger partial charge on any atom is 0.289 e. The number of fused-ring (bicyclic) bond motifs is 1. The number of para-hydroxylation sites is 1. The highest BCUT2D eigenvalue weighted by Crippen LogP contribution is 2.43. The van der Waals surface area contributed by atoms with Gasteiger partial charge in [0.1, 0.15) is 0 Å². The molecule has 2 aromatic rings. The van der Waals surface area contributed by atoms with E-state index in [2.05, 4.69) is 16.1 Å². The molecule has 0 spiro atoms. The summed E-state index contributed by atoms with van der Waals surface area (Å²) in [7, 11) is -1.15. The van der Waals surface area contributed by atoms with Crippen molar-refractivity contribution in [1.29, 1.82) is 0 Å². The molecule has 2 rings (SSSR count). The van der Waals surface area contributed by atoms with Crippen molar-refractivity contribution in [2.75, 3.05) is 5.09 Å². The fraction of sp³-hybridized carbons (Fsp3) is 0.462. The molecule has 1 aromatic heterocycles. The zero-order chi connectivity index (χ0) is 13.8. The van der Waals surface area contributed by atoms with Crippen molar-refractivity contribution in [3.8, 4) is 0 Å². The van der Waals surface area contributed by atoms with E-state index in [0.29, 0.717) is 0 Å². The van der Waals surface area contributed by atoms with E-state index in [1.807, 2.05) is 45.9 Å². The Labute approximate surface area is 119 Å². The normalized spacial score (nSPS) is 11.9. The summed E-state index contributed by atoms with van der Waals surface area (Å²) in [5.41, 5.74) is 0.999. The van der Waals surface area contributed by atoms with Crippen LogP contribution in [0.2, 0.25) is 0 Å². The van der Waals surface area contributed by atoms with Crippen LogP contribution in [0.5, 0.6) is 0 Å². The first-order valence-electron chi connectivity index (χ1n) is 6.30. The van der Waals surface area contributed by atoms with Crippen LogP contribution in [0, 0.1) is 0 Å². The van der Waals surface area contributed by atoms with E-state index < -0.39 is 8.53 Å². The van der Waals surface area contributed by atoms with Crippen molar-refractivity contribution < 1.29 is 9.05 Å². The summed E-state index contributed by atoms with van der Waals surface area (Å²) in [6.45, 7) is 8.00. The Hall–Kier alpha value is -0.740. The molecule has 0 saturated heterocycles. The topological polar surface area (TPSA) is 43.4 Å². The largest absolute Gasteiger partial charge is 0.315 e. The number of anilines is 1. The summed E-state index contributed by atoms with van der Waals surface area (Å²) >= 11 is 1.61. The van der Waals surface area contributed by atoms with E-state index in [9.17, 15) is 0 Å². The van der Waals surface area contributed by atoms with Gasteiger partial charge < -0.3 is 9.05 Å². The van der Waals surface area contributed by atoms with Crippen LogP contribution in [-0.4, -0.2) is 17.2 Å². The Balaban J connectivity index is 2.10. The van der Waals surface area contributed by atoms with Gasteiger partial charge >= 0.3 is 0 Å². The molecule has 0 aliphatic heterocycles. The van der Waals surface area contributed by atoms with Gasteiger partial charge in [0.25, 0.3) is 8.53 Å². The average Bonchev–Trinajstić information content (AvgIpc) is 2.68. The standard InChI is InChI=1S/C13H19N2O2PS/c1-9(2)16-18(17-10(3)4)15-13-14-11-7-5-6-8-12(11)19-13/h5-10H,1-4H3,(H,14,15). The molecular formula is C13H19N2O2PS. The van der Waals surface area contributed by atoms with Crippen molar-refractivity contribution in [3.63, 3.8) is 0 Å². The molecule has 104 valence electrons. The maximum atomic E-state index is 5.76. The minimum atomic E-state index is -1.15. The first kappa shape index (κ1) is 14.7. The van der Waals surface area contributed by atoms with Gasteiger partial charge in [0.2, 0.25) is 0 Å². The third-order valence-electron chi connectivity index (χ3n) is 2.09. The highest BCUT2D eigenvalue weighted by atomic mass is 32.1. The van der Waals surface area contributed by atoms with Crippen molar-refractivity contribution in [2.24, 2.45) is 0 Å². The number of benzene rings is 1. The molecule has 0 aliphatic carbocycles. The number of nitrogens with zero attached hydrogens (tertiary/aromatic N) is 1. The summed E-state index contributed by atoms with van der Waals surface area (Å²) in [6.07, 6.45) is 0.235. The lowest BCUT2D eigenvalue weighted by atomic mass is 10.3. The van der Waals surface area contributed by atoms with Gasteiger partial charge in [-0.25, -0.2) is 4.98 Å². The van der Waals surface area contributed by atoms with Crippen LogP contribution in [0.1, 0.15) is 27.7 Å². The van der Waals surface area contributed by atoms with Gasteiger partial charge in [0.05, 0.1) is 22.4 Å². The molecule has 0 unspecified atom stereocenters. The number of aromatic nitrogens is 1. The van der Waals surface area contributed by atoms with E-state index in [1.54, 1.807) is 11.3 Å². The third-order valence-corrected chi connectivity index (χ3v) is 4.82. The second-order valence-corrected chi connectivity index (χ2v) is 6.85. The van der Waals surface area contributed by atoms with E-state index in [1.165, 1.54) is 0 Å². The molecular weight excluding hydrogens is 279 g/mol. The van der Waals surface area contributed by atoms with E-state index >= 15 is 0 Å². The Morgan fingerprint density at radius 1 is 1.11 bits per heavy atom. The van der Waals surface area contributed by atoms with Crippen molar-refractivity contribution in [2.45, 2.75) is 39.9 Å². The molecule has 1 N–H and O–H groups in total. The molecule has 19 heavy (non-hydrogen) atoms. The predicted molar refractivity (Wildman–Crippen MR) is 82.6 cm³/mol. The van der Waals surface area contributed by atoms with Gasteiger partial charge in [-0.1, -0.05) is 23.5 Å². The summed E-state index contributed by atoms with van der Waals surface area (Å²) in [5.74, 6) is 0. The van der Waals surface area contributed by atoms with E-state index in [-0.39, 0.29) is 12.2 Å². The van der Waals surface area contributed by atoms with Crippen LogP contribution in [0.25, 0.3) is 10.2 Å². The van der Waals surface area contributed by atoms with Crippen LogP contribution in [0.3, 0.4) is 0 Å². The SMILES string of the molecule is CC(C)OP(Nc1nc2ccccc2s1)OC(C)C. The molecule has 0 atom stereocenters. The summed E-state index contributed by atoms with van der Waals surface area (Å²) in [6, 6.07) is 8.07. The van der Waals surface area contributed by atoms with Gasteiger partial charge in [-0.3, -0.25) is 5.09 Å². The zero-order valence-electron chi connectivity index (χ0n) is 11.6. The Bertz CT molecular complexity index is 487. The first-order chi connectivity index (χ1) is 9.04. The third kappa shape index (κ3) is 4.39. The lowest BCUT2D eigenvalue weighted by molar-refractivity contribution is 0.180. The molecule has 6 heteroatoms. The second kappa shape index (κ2) is 6.62. The van der Waals surface area contributed by atoms with E-state index in [4.69, 9.17) is 9.05 Å². The molecule has 0 bridgehead atoms. The minimum absolute atomic E-state index is 0.117. The Kier molecular flexibility index (Phi) is 5.11. The van der Waals surface area contributed by atoms with Gasteiger partial charge in [0, 0.05) is 0 Å². The fourth-order valence-electron chi connectivity index (χ4n) is 1.46. The Morgan fingerprint density at radius 3 is 2.32 bits per heavy atom. The molecule has 1 aromatic carbocycles. The summed E-state index contributed by atoms with van der Waals surface area (Å²) in [5, 5.41) is 4.10. The highest BCUT2D eigenvalue weighted by Gasteiger charge is 2.17.